The Morgan fingerprint density at radius 3 is 2.41 bits per heavy atom. The van der Waals surface area contributed by atoms with Gasteiger partial charge in [-0.1, -0.05) is 13.0 Å². The molecular weight excluding hydrogens is 417 g/mol. The minimum atomic E-state index is -4.98. The van der Waals surface area contributed by atoms with E-state index in [-0.39, 0.29) is 11.3 Å². The van der Waals surface area contributed by atoms with Crippen molar-refractivity contribution in [1.29, 1.82) is 0 Å². The van der Waals surface area contributed by atoms with Gasteiger partial charge in [0.25, 0.3) is 0 Å². The van der Waals surface area contributed by atoms with Gasteiger partial charge in [0.2, 0.25) is 0 Å². The van der Waals surface area contributed by atoms with Crippen LogP contribution in [0.4, 0.5) is 13.2 Å². The van der Waals surface area contributed by atoms with Crippen molar-refractivity contribution in [2.24, 2.45) is 0 Å². The molecule has 0 unspecified atom stereocenters. The SMILES string of the molecule is C=CC1(Oc2cc(C(=O)OCCS(=O)(=O)[O-])ccc2OC(F)(F)F)CCCCC1. The highest BCUT2D eigenvalue weighted by Gasteiger charge is 2.36. The number of halogens is 3. The van der Waals surface area contributed by atoms with Crippen molar-refractivity contribution in [2.75, 3.05) is 12.4 Å². The van der Waals surface area contributed by atoms with Crippen molar-refractivity contribution in [1.82, 2.24) is 0 Å². The molecule has 0 radical (unpaired) electrons. The average Bonchev–Trinajstić information content (AvgIpc) is 2.61. The molecule has 1 aromatic rings. The van der Waals surface area contributed by atoms with Gasteiger partial charge in [-0.25, -0.2) is 13.2 Å². The molecule has 1 fully saturated rings. The molecule has 0 saturated heterocycles. The fourth-order valence-corrected chi connectivity index (χ4v) is 3.25. The minimum Gasteiger partial charge on any atom is -0.748 e. The summed E-state index contributed by atoms with van der Waals surface area (Å²) in [7, 11) is -4.58. The average molecular weight is 437 g/mol. The van der Waals surface area contributed by atoms with Crippen LogP contribution in [0, 0.1) is 0 Å². The third-order valence-electron chi connectivity index (χ3n) is 4.36. The zero-order chi connectivity index (χ0) is 21.7. The summed E-state index contributed by atoms with van der Waals surface area (Å²) in [6, 6.07) is 2.95. The first kappa shape index (κ1) is 23.0. The molecule has 0 heterocycles. The second-order valence-electron chi connectivity index (χ2n) is 6.54. The van der Waals surface area contributed by atoms with E-state index < -0.39 is 46.2 Å². The van der Waals surface area contributed by atoms with Crippen molar-refractivity contribution in [3.8, 4) is 11.5 Å². The Balaban J connectivity index is 2.28. The van der Waals surface area contributed by atoms with Gasteiger partial charge in [-0.3, -0.25) is 0 Å². The van der Waals surface area contributed by atoms with Gasteiger partial charge in [0.05, 0.1) is 21.4 Å². The summed E-state index contributed by atoms with van der Waals surface area (Å²) in [5.41, 5.74) is -1.09. The summed E-state index contributed by atoms with van der Waals surface area (Å²) in [6.45, 7) is 3.03. The first-order valence-corrected chi connectivity index (χ1v) is 10.3. The van der Waals surface area contributed by atoms with E-state index >= 15 is 0 Å². The molecule has 0 amide bonds. The lowest BCUT2D eigenvalue weighted by Crippen LogP contribution is -2.36. The molecule has 1 aliphatic carbocycles. The Morgan fingerprint density at radius 2 is 1.86 bits per heavy atom. The van der Waals surface area contributed by atoms with Gasteiger partial charge in [0.1, 0.15) is 12.2 Å². The molecule has 29 heavy (non-hydrogen) atoms. The molecule has 1 aromatic carbocycles. The van der Waals surface area contributed by atoms with Gasteiger partial charge < -0.3 is 18.8 Å². The Morgan fingerprint density at radius 1 is 1.21 bits per heavy atom. The van der Waals surface area contributed by atoms with Gasteiger partial charge in [0, 0.05) is 0 Å². The lowest BCUT2D eigenvalue weighted by atomic mass is 9.84. The normalized spacial score (nSPS) is 16.7. The number of esters is 1. The Labute approximate surface area is 166 Å². The summed E-state index contributed by atoms with van der Waals surface area (Å²) < 4.78 is 84.4. The second kappa shape index (κ2) is 9.04. The maximum absolute atomic E-state index is 12.7. The first-order valence-electron chi connectivity index (χ1n) is 8.76. The van der Waals surface area contributed by atoms with E-state index in [1.54, 1.807) is 0 Å². The number of ether oxygens (including phenoxy) is 3. The summed E-state index contributed by atoms with van der Waals surface area (Å²) in [5.74, 6) is -2.90. The molecule has 162 valence electrons. The smallest absolute Gasteiger partial charge is 0.573 e. The highest BCUT2D eigenvalue weighted by molar-refractivity contribution is 7.85. The van der Waals surface area contributed by atoms with Crippen LogP contribution in [0.25, 0.3) is 0 Å². The molecule has 0 aliphatic heterocycles. The first-order chi connectivity index (χ1) is 13.4. The van der Waals surface area contributed by atoms with E-state index in [1.165, 1.54) is 6.08 Å². The highest BCUT2D eigenvalue weighted by atomic mass is 32.2. The van der Waals surface area contributed by atoms with Crippen LogP contribution in [-0.2, 0) is 14.9 Å². The quantitative estimate of drug-likeness (QED) is 0.348. The molecule has 1 saturated carbocycles. The van der Waals surface area contributed by atoms with E-state index in [2.05, 4.69) is 16.1 Å². The van der Waals surface area contributed by atoms with Gasteiger partial charge in [-0.2, -0.15) is 0 Å². The van der Waals surface area contributed by atoms with Crippen LogP contribution in [0.15, 0.2) is 30.9 Å². The molecule has 0 atom stereocenters. The number of benzene rings is 1. The maximum Gasteiger partial charge on any atom is 0.573 e. The number of carbonyl (C=O) groups excluding carboxylic acids is 1. The standard InChI is InChI=1S/C18H21F3O7S/c1-2-17(8-4-3-5-9-17)27-15-12-13(6-7-14(15)28-18(19,20)21)16(22)26-10-11-29(23,24)25/h2,6-7,12H,1,3-5,8-11H2,(H,23,24,25)/p-1. The fraction of sp³-hybridized carbons (Fsp3) is 0.500. The third kappa shape index (κ3) is 7.24. The molecule has 0 bridgehead atoms. The number of carbonyl (C=O) groups is 1. The van der Waals surface area contributed by atoms with Crippen molar-refractivity contribution in [3.63, 3.8) is 0 Å². The molecular formula is C18H20F3O7S-. The van der Waals surface area contributed by atoms with Gasteiger partial charge in [0.15, 0.2) is 11.5 Å². The molecule has 0 spiro atoms. The van der Waals surface area contributed by atoms with Crippen LogP contribution >= 0.6 is 0 Å². The third-order valence-corrected chi connectivity index (χ3v) is 5.02. The van der Waals surface area contributed by atoms with Crippen LogP contribution < -0.4 is 9.47 Å². The van der Waals surface area contributed by atoms with Crippen molar-refractivity contribution in [3.05, 3.63) is 36.4 Å². The zero-order valence-electron chi connectivity index (χ0n) is 15.4. The molecule has 7 nitrogen and oxygen atoms in total. The lowest BCUT2D eigenvalue weighted by molar-refractivity contribution is -0.275. The van der Waals surface area contributed by atoms with Crippen molar-refractivity contribution >= 4 is 16.1 Å². The van der Waals surface area contributed by atoms with Crippen LogP contribution in [-0.4, -0.2) is 43.3 Å². The Bertz CT molecular complexity index is 844. The number of hydrogen-bond donors (Lipinski definition) is 0. The minimum absolute atomic E-state index is 0.187. The number of rotatable bonds is 8. The van der Waals surface area contributed by atoms with Crippen LogP contribution in [0.5, 0.6) is 11.5 Å². The summed E-state index contributed by atoms with van der Waals surface area (Å²) >= 11 is 0. The monoisotopic (exact) mass is 437 g/mol. The van der Waals surface area contributed by atoms with E-state index in [4.69, 9.17) is 4.74 Å². The van der Waals surface area contributed by atoms with Crippen molar-refractivity contribution < 1.29 is 45.1 Å². The van der Waals surface area contributed by atoms with Crippen LogP contribution in [0.1, 0.15) is 42.5 Å². The fourth-order valence-electron chi connectivity index (χ4n) is 2.96. The maximum atomic E-state index is 12.7. The molecule has 0 N–H and O–H groups in total. The van der Waals surface area contributed by atoms with Gasteiger partial charge >= 0.3 is 12.3 Å². The molecule has 2 rings (SSSR count). The van der Waals surface area contributed by atoms with Crippen LogP contribution in [0.2, 0.25) is 0 Å². The van der Waals surface area contributed by atoms with Crippen LogP contribution in [0.3, 0.4) is 0 Å². The van der Waals surface area contributed by atoms with E-state index in [9.17, 15) is 30.9 Å². The predicted molar refractivity (Wildman–Crippen MR) is 94.6 cm³/mol. The Hall–Kier alpha value is -2.27. The predicted octanol–water partition coefficient (Wildman–Crippen LogP) is 3.55. The summed E-state index contributed by atoms with van der Waals surface area (Å²) in [5, 5.41) is 0. The molecule has 11 heteroatoms. The number of alkyl halides is 3. The molecule has 1 aliphatic rings. The summed E-state index contributed by atoms with van der Waals surface area (Å²) in [6.07, 6.45) is 0.180. The van der Waals surface area contributed by atoms with Gasteiger partial charge in [-0.15, -0.1) is 13.2 Å². The van der Waals surface area contributed by atoms with E-state index in [0.29, 0.717) is 12.8 Å². The number of hydrogen-bond acceptors (Lipinski definition) is 7. The zero-order valence-corrected chi connectivity index (χ0v) is 16.2. The largest absolute Gasteiger partial charge is 0.748 e. The second-order valence-corrected chi connectivity index (χ2v) is 8.06. The topological polar surface area (TPSA) is 102 Å². The molecule has 0 aromatic heterocycles. The van der Waals surface area contributed by atoms with E-state index in [1.807, 2.05) is 0 Å². The lowest BCUT2D eigenvalue weighted by Gasteiger charge is -2.35. The van der Waals surface area contributed by atoms with Crippen molar-refractivity contribution in [2.45, 2.75) is 44.1 Å². The summed E-state index contributed by atoms with van der Waals surface area (Å²) in [4.78, 5) is 12.1. The Kier molecular flexibility index (Phi) is 7.17. The van der Waals surface area contributed by atoms with E-state index in [0.717, 1.165) is 37.5 Å². The van der Waals surface area contributed by atoms with Gasteiger partial charge in [-0.05, 0) is 50.0 Å². The highest BCUT2D eigenvalue weighted by Crippen LogP contribution is 2.40.